The van der Waals surface area contributed by atoms with Crippen molar-refractivity contribution in [3.63, 3.8) is 0 Å². The molecule has 0 saturated carbocycles. The summed E-state index contributed by atoms with van der Waals surface area (Å²) >= 11 is 0. The van der Waals surface area contributed by atoms with Crippen molar-refractivity contribution in [2.75, 3.05) is 0 Å². The molecule has 1 aliphatic carbocycles. The van der Waals surface area contributed by atoms with Gasteiger partial charge in [0.1, 0.15) is 5.65 Å². The molecular formula is C37H26BN3. The number of hydrogen-bond donors (Lipinski definition) is 0. The van der Waals surface area contributed by atoms with E-state index in [2.05, 4.69) is 95.6 Å². The lowest BCUT2D eigenvalue weighted by Crippen LogP contribution is -2.59. The van der Waals surface area contributed by atoms with Crippen molar-refractivity contribution in [2.24, 2.45) is 0 Å². The molecule has 4 heteroatoms. The molecule has 0 amide bonds. The second kappa shape index (κ2) is 6.83. The quantitative estimate of drug-likeness (QED) is 0.164. The van der Waals surface area contributed by atoms with Crippen LogP contribution in [0.2, 0.25) is 0 Å². The van der Waals surface area contributed by atoms with Crippen molar-refractivity contribution in [2.45, 2.75) is 39.5 Å². The van der Waals surface area contributed by atoms with Crippen molar-refractivity contribution >= 4 is 83.3 Å². The topological polar surface area (TPSA) is 22.2 Å². The van der Waals surface area contributed by atoms with Gasteiger partial charge in [0.25, 0.3) is 6.71 Å². The summed E-state index contributed by atoms with van der Waals surface area (Å²) in [6, 6.07) is 27.8. The fourth-order valence-electron chi connectivity index (χ4n) is 9.19. The summed E-state index contributed by atoms with van der Waals surface area (Å²) < 4.78 is 5.17. The molecule has 11 rings (SSSR count). The molecule has 0 atom stereocenters. The number of rotatable bonds is 0. The molecule has 192 valence electrons. The highest BCUT2D eigenvalue weighted by Crippen LogP contribution is 2.42. The summed E-state index contributed by atoms with van der Waals surface area (Å²) in [5.74, 6) is 0. The molecule has 5 aromatic carbocycles. The predicted molar refractivity (Wildman–Crippen MR) is 173 cm³/mol. The zero-order valence-electron chi connectivity index (χ0n) is 23.2. The van der Waals surface area contributed by atoms with Gasteiger partial charge in [-0.15, -0.1) is 0 Å². The van der Waals surface area contributed by atoms with Crippen molar-refractivity contribution in [1.29, 1.82) is 0 Å². The zero-order valence-corrected chi connectivity index (χ0v) is 23.2. The molecule has 3 aliphatic rings. The summed E-state index contributed by atoms with van der Waals surface area (Å²) in [6.45, 7) is 4.78. The Balaban J connectivity index is 1.51. The van der Waals surface area contributed by atoms with E-state index in [0.717, 1.165) is 18.5 Å². The van der Waals surface area contributed by atoms with E-state index in [9.17, 15) is 0 Å². The number of benzene rings is 5. The second-order valence-corrected chi connectivity index (χ2v) is 12.6. The van der Waals surface area contributed by atoms with E-state index in [-0.39, 0.29) is 6.71 Å². The number of aromatic nitrogens is 3. The van der Waals surface area contributed by atoms with Gasteiger partial charge in [0, 0.05) is 32.7 Å². The lowest BCUT2D eigenvalue weighted by atomic mass is 9.33. The Labute approximate surface area is 237 Å². The monoisotopic (exact) mass is 523 g/mol. The summed E-state index contributed by atoms with van der Waals surface area (Å²) in [4.78, 5) is 5.50. The van der Waals surface area contributed by atoms with Crippen molar-refractivity contribution in [1.82, 2.24) is 14.0 Å². The number of hydrogen-bond acceptors (Lipinski definition) is 1. The third-order valence-electron chi connectivity index (χ3n) is 10.7. The molecule has 0 unspecified atom stereocenters. The molecule has 8 aromatic rings. The molecule has 0 spiro atoms. The van der Waals surface area contributed by atoms with E-state index in [1.165, 1.54) is 106 Å². The molecule has 0 bridgehead atoms. The number of fused-ring (bicyclic) bond motifs is 11. The van der Waals surface area contributed by atoms with Crippen LogP contribution in [0.3, 0.4) is 0 Å². The first kappa shape index (κ1) is 21.2. The van der Waals surface area contributed by atoms with Crippen molar-refractivity contribution in [3.05, 3.63) is 95.1 Å². The molecule has 2 aliphatic heterocycles. The van der Waals surface area contributed by atoms with Gasteiger partial charge in [-0.25, -0.2) is 4.98 Å². The minimum atomic E-state index is 0.207. The fraction of sp³-hybridized carbons (Fsp3) is 0.162. The molecule has 3 aromatic heterocycles. The van der Waals surface area contributed by atoms with Crippen LogP contribution in [0.15, 0.2) is 72.8 Å². The van der Waals surface area contributed by atoms with Crippen LogP contribution in [-0.4, -0.2) is 20.7 Å². The third kappa shape index (κ3) is 2.22. The van der Waals surface area contributed by atoms with Gasteiger partial charge in [-0.1, -0.05) is 54.6 Å². The van der Waals surface area contributed by atoms with E-state index in [0.29, 0.717) is 0 Å². The van der Waals surface area contributed by atoms with E-state index in [4.69, 9.17) is 4.98 Å². The molecule has 41 heavy (non-hydrogen) atoms. The lowest BCUT2D eigenvalue weighted by Gasteiger charge is -2.35. The van der Waals surface area contributed by atoms with Gasteiger partial charge in [-0.3, -0.25) is 4.40 Å². The lowest BCUT2D eigenvalue weighted by molar-refractivity contribution is 0.689. The Morgan fingerprint density at radius 1 is 0.707 bits per heavy atom. The van der Waals surface area contributed by atoms with Crippen molar-refractivity contribution < 1.29 is 0 Å². The Kier molecular flexibility index (Phi) is 3.53. The number of imidazole rings is 1. The summed E-state index contributed by atoms with van der Waals surface area (Å²) in [5, 5.41) is 6.72. The standard InChI is InChI=1S/C37H26BN3/c1-19-9-7-14-25-30-20(2)17-29-33-36(30)41-35-27(39-37(41)31(19)25)18-21-10-3-4-11-22(21)32(35)38(33)26-15-8-13-24-23-12-5-6-16-28(23)40(29)34(24)26/h5-9,12-18H,3-4,10-11H2,1-2H3. The van der Waals surface area contributed by atoms with Crippen LogP contribution in [0.1, 0.15) is 35.1 Å². The van der Waals surface area contributed by atoms with Gasteiger partial charge in [0.2, 0.25) is 0 Å². The van der Waals surface area contributed by atoms with E-state index < -0.39 is 0 Å². The Morgan fingerprint density at radius 3 is 2.49 bits per heavy atom. The number of para-hydroxylation sites is 2. The third-order valence-corrected chi connectivity index (χ3v) is 10.7. The number of aryl methyl sites for hydroxylation is 3. The second-order valence-electron chi connectivity index (χ2n) is 12.6. The van der Waals surface area contributed by atoms with E-state index in [1.54, 1.807) is 5.56 Å². The largest absolute Gasteiger partial charge is 0.310 e. The molecule has 0 N–H and O–H groups in total. The Hall–Kier alpha value is -4.57. The predicted octanol–water partition coefficient (Wildman–Crippen LogP) is 6.53. The maximum absolute atomic E-state index is 5.50. The van der Waals surface area contributed by atoms with Crippen LogP contribution >= 0.6 is 0 Å². The van der Waals surface area contributed by atoms with Gasteiger partial charge in [-0.2, -0.15) is 0 Å². The molecule has 0 saturated heterocycles. The maximum atomic E-state index is 5.50. The van der Waals surface area contributed by atoms with Gasteiger partial charge in [0.15, 0.2) is 0 Å². The first-order valence-electron chi connectivity index (χ1n) is 15.1. The number of nitrogens with zero attached hydrogens (tertiary/aromatic N) is 3. The molecule has 3 nitrogen and oxygen atoms in total. The first-order valence-corrected chi connectivity index (χ1v) is 15.1. The average Bonchev–Trinajstić information content (AvgIpc) is 3.54. The van der Waals surface area contributed by atoms with Crippen molar-refractivity contribution in [3.8, 4) is 5.69 Å². The molecule has 5 heterocycles. The van der Waals surface area contributed by atoms with Crippen LogP contribution in [0, 0.1) is 13.8 Å². The summed E-state index contributed by atoms with van der Waals surface area (Å²) in [5.41, 5.74) is 19.2. The van der Waals surface area contributed by atoms with Gasteiger partial charge in [-0.05, 0) is 102 Å². The summed E-state index contributed by atoms with van der Waals surface area (Å²) in [7, 11) is 0. The van der Waals surface area contributed by atoms with Crippen LogP contribution in [-0.2, 0) is 12.8 Å². The van der Waals surface area contributed by atoms with Gasteiger partial charge < -0.3 is 4.57 Å². The average molecular weight is 523 g/mol. The van der Waals surface area contributed by atoms with Crippen LogP contribution in [0.25, 0.3) is 65.8 Å². The Morgan fingerprint density at radius 2 is 1.54 bits per heavy atom. The minimum absolute atomic E-state index is 0.207. The molecule has 0 radical (unpaired) electrons. The zero-order chi connectivity index (χ0) is 26.7. The maximum Gasteiger partial charge on any atom is 0.252 e. The van der Waals surface area contributed by atoms with Gasteiger partial charge >= 0.3 is 0 Å². The smallest absolute Gasteiger partial charge is 0.252 e. The highest BCUT2D eigenvalue weighted by molar-refractivity contribution is 7.01. The van der Waals surface area contributed by atoms with Gasteiger partial charge in [0.05, 0.1) is 22.1 Å². The van der Waals surface area contributed by atoms with E-state index in [1.807, 2.05) is 0 Å². The van der Waals surface area contributed by atoms with Crippen LogP contribution in [0.4, 0.5) is 0 Å². The molecule has 0 fully saturated rings. The number of pyridine rings is 1. The fourth-order valence-corrected chi connectivity index (χ4v) is 9.19. The first-order chi connectivity index (χ1) is 20.2. The van der Waals surface area contributed by atoms with Crippen LogP contribution in [0.5, 0.6) is 0 Å². The SMILES string of the molecule is Cc1cccc2c1c1nc3cc4c(c5c3n1c1c3c(cc(C)c21)-n1c2ccccc2c2cccc(c21)B53)CCCC4. The highest BCUT2D eigenvalue weighted by Gasteiger charge is 2.42. The highest BCUT2D eigenvalue weighted by atomic mass is 15.0. The van der Waals surface area contributed by atoms with E-state index >= 15 is 0 Å². The summed E-state index contributed by atoms with van der Waals surface area (Å²) in [6.07, 6.45) is 4.86. The van der Waals surface area contributed by atoms with Crippen LogP contribution < -0.4 is 16.4 Å². The normalized spacial score (nSPS) is 15.1. The molecular weight excluding hydrogens is 497 g/mol. The minimum Gasteiger partial charge on any atom is -0.310 e. The Bertz CT molecular complexity index is 2560.